The van der Waals surface area contributed by atoms with Gasteiger partial charge in [-0.05, 0) is 19.3 Å². The monoisotopic (exact) mass is 418 g/mol. The fourth-order valence-electron chi connectivity index (χ4n) is 2.11. The number of nitrogens with zero attached hydrogens (tertiary/aromatic N) is 1. The van der Waals surface area contributed by atoms with Gasteiger partial charge in [0.25, 0.3) is 0 Å². The summed E-state index contributed by atoms with van der Waals surface area (Å²) in [6, 6.07) is -4.26. The van der Waals surface area contributed by atoms with E-state index >= 15 is 0 Å². The quantitative estimate of drug-likeness (QED) is 0.0789. The van der Waals surface area contributed by atoms with Crippen molar-refractivity contribution in [2.24, 2.45) is 22.2 Å². The van der Waals surface area contributed by atoms with Crippen LogP contribution in [0.2, 0.25) is 0 Å². The number of amides is 2. The molecule has 3 unspecified atom stereocenters. The number of carbonyl (C=O) groups is 5. The van der Waals surface area contributed by atoms with Gasteiger partial charge in [-0.15, -0.1) is 0 Å². The van der Waals surface area contributed by atoms with E-state index in [2.05, 4.69) is 10.3 Å². The largest absolute Gasteiger partial charge is 0.481 e. The maximum Gasteiger partial charge on any atom is 0.326 e. The van der Waals surface area contributed by atoms with Gasteiger partial charge in [-0.1, -0.05) is 0 Å². The Kier molecular flexibility index (Phi) is 11.4. The molecular formula is C15H26N6O8. The third-order valence-corrected chi connectivity index (χ3v) is 3.58. The molecular weight excluding hydrogens is 392 g/mol. The molecule has 0 heterocycles. The molecule has 3 atom stereocenters. The maximum absolute atomic E-state index is 12.2. The number of hydrogen-bond donors (Lipinski definition) is 8. The Hall–Kier alpha value is -3.42. The van der Waals surface area contributed by atoms with Crippen LogP contribution in [0.4, 0.5) is 0 Å². The number of nitrogens with one attached hydrogen (secondary N) is 2. The van der Waals surface area contributed by atoms with Crippen molar-refractivity contribution in [1.29, 1.82) is 0 Å². The first-order valence-corrected chi connectivity index (χ1v) is 8.52. The van der Waals surface area contributed by atoms with E-state index in [-0.39, 0.29) is 18.9 Å². The van der Waals surface area contributed by atoms with E-state index in [1.54, 1.807) is 0 Å². The van der Waals surface area contributed by atoms with Crippen molar-refractivity contribution in [2.75, 3.05) is 6.54 Å². The van der Waals surface area contributed by atoms with E-state index in [1.165, 1.54) is 0 Å². The molecule has 0 rings (SSSR count). The number of guanidine groups is 1. The average Bonchev–Trinajstić information content (AvgIpc) is 2.60. The molecule has 0 bridgehead atoms. The van der Waals surface area contributed by atoms with E-state index in [0.717, 1.165) is 0 Å². The fourth-order valence-corrected chi connectivity index (χ4v) is 2.11. The van der Waals surface area contributed by atoms with Crippen molar-refractivity contribution in [1.82, 2.24) is 10.6 Å². The van der Waals surface area contributed by atoms with Crippen LogP contribution >= 0.6 is 0 Å². The number of rotatable bonds is 14. The first-order chi connectivity index (χ1) is 13.4. The van der Waals surface area contributed by atoms with Crippen molar-refractivity contribution >= 4 is 35.7 Å². The van der Waals surface area contributed by atoms with Crippen LogP contribution in [0.1, 0.15) is 32.1 Å². The molecule has 0 spiro atoms. The van der Waals surface area contributed by atoms with Gasteiger partial charge < -0.3 is 43.2 Å². The second-order valence-corrected chi connectivity index (χ2v) is 6.05. The summed E-state index contributed by atoms with van der Waals surface area (Å²) in [6.45, 7) is 0.215. The van der Waals surface area contributed by atoms with Crippen LogP contribution in [0.15, 0.2) is 4.99 Å². The second kappa shape index (κ2) is 12.9. The zero-order valence-electron chi connectivity index (χ0n) is 15.5. The van der Waals surface area contributed by atoms with E-state index in [4.69, 9.17) is 32.5 Å². The molecule has 0 aliphatic rings. The molecule has 2 amide bonds. The molecule has 164 valence electrons. The van der Waals surface area contributed by atoms with Crippen LogP contribution in [0.3, 0.4) is 0 Å². The highest BCUT2D eigenvalue weighted by molar-refractivity contribution is 5.94. The summed E-state index contributed by atoms with van der Waals surface area (Å²) in [4.78, 5) is 60.8. The maximum atomic E-state index is 12.2. The summed E-state index contributed by atoms with van der Waals surface area (Å²) in [5, 5.41) is 30.8. The minimum atomic E-state index is -1.60. The van der Waals surface area contributed by atoms with Gasteiger partial charge in [0.05, 0.1) is 12.5 Å². The number of carbonyl (C=O) groups excluding carboxylic acids is 2. The Balaban J connectivity index is 4.95. The number of nitrogens with two attached hydrogens (primary N) is 3. The normalized spacial score (nSPS) is 13.4. The Labute approximate surface area is 165 Å². The van der Waals surface area contributed by atoms with Crippen LogP contribution in [0, 0.1) is 0 Å². The molecule has 0 aromatic carbocycles. The number of carboxylic acids is 3. The topological polar surface area (TPSA) is 261 Å². The third kappa shape index (κ3) is 11.8. The molecule has 14 nitrogen and oxygen atoms in total. The van der Waals surface area contributed by atoms with Crippen LogP contribution in [-0.4, -0.2) is 75.7 Å². The summed E-state index contributed by atoms with van der Waals surface area (Å²) < 4.78 is 0. The van der Waals surface area contributed by atoms with Gasteiger partial charge in [0.15, 0.2) is 5.96 Å². The number of hydrogen-bond acceptors (Lipinski definition) is 7. The van der Waals surface area contributed by atoms with Gasteiger partial charge in [0.2, 0.25) is 11.8 Å². The predicted octanol–water partition coefficient (Wildman–Crippen LogP) is -3.24. The molecule has 0 aliphatic heterocycles. The summed E-state index contributed by atoms with van der Waals surface area (Å²) >= 11 is 0. The molecule has 14 heteroatoms. The van der Waals surface area contributed by atoms with Gasteiger partial charge in [-0.2, -0.15) is 0 Å². The summed E-state index contributed by atoms with van der Waals surface area (Å²) in [7, 11) is 0. The molecule has 0 saturated carbocycles. The van der Waals surface area contributed by atoms with E-state index in [1.807, 2.05) is 5.32 Å². The van der Waals surface area contributed by atoms with Gasteiger partial charge in [0.1, 0.15) is 12.1 Å². The number of aliphatic carboxylic acids is 3. The van der Waals surface area contributed by atoms with Crippen molar-refractivity contribution in [3.05, 3.63) is 0 Å². The van der Waals surface area contributed by atoms with Crippen LogP contribution in [0.25, 0.3) is 0 Å². The average molecular weight is 418 g/mol. The number of carboxylic acid groups (broad SMARTS) is 3. The van der Waals surface area contributed by atoms with Gasteiger partial charge >= 0.3 is 17.9 Å². The van der Waals surface area contributed by atoms with E-state index < -0.39 is 67.1 Å². The van der Waals surface area contributed by atoms with E-state index in [9.17, 15) is 24.0 Å². The smallest absolute Gasteiger partial charge is 0.326 e. The van der Waals surface area contributed by atoms with Crippen LogP contribution in [-0.2, 0) is 24.0 Å². The predicted molar refractivity (Wildman–Crippen MR) is 98.5 cm³/mol. The van der Waals surface area contributed by atoms with Crippen molar-refractivity contribution in [3.8, 4) is 0 Å². The lowest BCUT2D eigenvalue weighted by Gasteiger charge is -2.21. The van der Waals surface area contributed by atoms with E-state index in [0.29, 0.717) is 6.42 Å². The molecule has 0 aromatic heterocycles. The van der Waals surface area contributed by atoms with Gasteiger partial charge in [-0.25, -0.2) is 4.79 Å². The van der Waals surface area contributed by atoms with Crippen molar-refractivity contribution in [3.63, 3.8) is 0 Å². The zero-order valence-corrected chi connectivity index (χ0v) is 15.5. The highest BCUT2D eigenvalue weighted by Gasteiger charge is 2.29. The Morgan fingerprint density at radius 3 is 1.93 bits per heavy atom. The molecule has 11 N–H and O–H groups in total. The number of aliphatic imine (C=N–C) groups is 1. The van der Waals surface area contributed by atoms with Crippen LogP contribution < -0.4 is 27.8 Å². The van der Waals surface area contributed by atoms with Crippen molar-refractivity contribution in [2.45, 2.75) is 50.2 Å². The van der Waals surface area contributed by atoms with Crippen molar-refractivity contribution < 1.29 is 39.3 Å². The zero-order chi connectivity index (χ0) is 22.6. The minimum Gasteiger partial charge on any atom is -0.481 e. The molecule has 0 aromatic rings. The third-order valence-electron chi connectivity index (χ3n) is 3.58. The summed E-state index contributed by atoms with van der Waals surface area (Å²) in [6.07, 6.45) is -1.30. The lowest BCUT2D eigenvalue weighted by molar-refractivity contribution is -0.144. The first kappa shape index (κ1) is 25.6. The minimum absolute atomic E-state index is 0.128. The molecule has 0 aliphatic carbocycles. The Bertz CT molecular complexity index is 649. The second-order valence-electron chi connectivity index (χ2n) is 6.05. The lowest BCUT2D eigenvalue weighted by atomic mass is 10.1. The Morgan fingerprint density at radius 2 is 1.45 bits per heavy atom. The molecule has 0 fully saturated rings. The standard InChI is InChI=1S/C15H26N6O8/c16-7(2-1-5-19-15(17)18)12(26)21-9(6-11(24)25)13(27)20-8(14(28)29)3-4-10(22)23/h7-9H,1-6,16H2,(H,20,27)(H,21,26)(H,22,23)(H,24,25)(H,28,29)(H4,17,18,19). The fraction of sp³-hybridized carbons (Fsp3) is 0.600. The van der Waals surface area contributed by atoms with Crippen LogP contribution in [0.5, 0.6) is 0 Å². The molecule has 0 radical (unpaired) electrons. The first-order valence-electron chi connectivity index (χ1n) is 8.52. The highest BCUT2D eigenvalue weighted by atomic mass is 16.4. The van der Waals surface area contributed by atoms with Gasteiger partial charge in [-0.3, -0.25) is 24.2 Å². The summed E-state index contributed by atoms with van der Waals surface area (Å²) in [5.41, 5.74) is 16.0. The molecule has 0 saturated heterocycles. The SMILES string of the molecule is NC(N)=NCCCC(N)C(=O)NC(CC(=O)O)C(=O)NC(CCC(=O)O)C(=O)O. The van der Waals surface area contributed by atoms with Gasteiger partial charge in [0, 0.05) is 13.0 Å². The Morgan fingerprint density at radius 1 is 0.862 bits per heavy atom. The lowest BCUT2D eigenvalue weighted by Crippen LogP contribution is -2.55. The molecule has 29 heavy (non-hydrogen) atoms. The highest BCUT2D eigenvalue weighted by Crippen LogP contribution is 2.03. The summed E-state index contributed by atoms with van der Waals surface area (Å²) in [5.74, 6) is -6.25.